The smallest absolute Gasteiger partial charge is 0.410 e. The number of rotatable bonds is 1. The Morgan fingerprint density at radius 2 is 2.14 bits per heavy atom. The van der Waals surface area contributed by atoms with Crippen LogP contribution in [0.4, 0.5) is 4.79 Å². The van der Waals surface area contributed by atoms with Crippen LogP contribution in [0.3, 0.4) is 0 Å². The first-order chi connectivity index (χ1) is 9.94. The van der Waals surface area contributed by atoms with Crippen molar-refractivity contribution in [3.05, 3.63) is 36.0 Å². The van der Waals surface area contributed by atoms with E-state index in [-0.39, 0.29) is 12.1 Å². The molecule has 1 N–H and O–H groups in total. The van der Waals surface area contributed by atoms with E-state index in [9.17, 15) is 4.79 Å². The van der Waals surface area contributed by atoms with Gasteiger partial charge in [0.1, 0.15) is 5.60 Å². The number of amides is 1. The Balaban J connectivity index is 1.84. The van der Waals surface area contributed by atoms with E-state index in [4.69, 9.17) is 4.74 Å². The molecule has 0 saturated carbocycles. The number of hydrogen-bond acceptors (Lipinski definition) is 2. The fraction of sp³-hybridized carbons (Fsp3) is 0.471. The number of carbonyl (C=O) groups is 1. The molecule has 3 rings (SSSR count). The molecule has 0 spiro atoms. The molecule has 4 heteroatoms. The molecule has 0 aliphatic carbocycles. The minimum Gasteiger partial charge on any atom is -0.444 e. The number of aromatic amines is 1. The average Bonchev–Trinajstić information content (AvgIpc) is 3.04. The molecule has 21 heavy (non-hydrogen) atoms. The summed E-state index contributed by atoms with van der Waals surface area (Å²) < 4.78 is 5.53. The van der Waals surface area contributed by atoms with Crippen LogP contribution >= 0.6 is 0 Å². The van der Waals surface area contributed by atoms with Crippen LogP contribution < -0.4 is 0 Å². The normalized spacial score (nSPS) is 19.2. The van der Waals surface area contributed by atoms with E-state index in [0.717, 1.165) is 24.9 Å². The fourth-order valence-electron chi connectivity index (χ4n) is 2.93. The zero-order chi connectivity index (χ0) is 15.0. The molecule has 1 aliphatic rings. The van der Waals surface area contributed by atoms with Crippen LogP contribution in [0.5, 0.6) is 0 Å². The van der Waals surface area contributed by atoms with Crippen molar-refractivity contribution in [2.75, 3.05) is 6.54 Å². The maximum absolute atomic E-state index is 12.4. The van der Waals surface area contributed by atoms with Gasteiger partial charge in [0, 0.05) is 18.3 Å². The van der Waals surface area contributed by atoms with Gasteiger partial charge in [0.25, 0.3) is 0 Å². The van der Waals surface area contributed by atoms with E-state index in [2.05, 4.69) is 29.2 Å². The van der Waals surface area contributed by atoms with Crippen LogP contribution in [-0.2, 0) is 4.74 Å². The molecular weight excluding hydrogens is 264 g/mol. The highest BCUT2D eigenvalue weighted by atomic mass is 16.6. The first kappa shape index (κ1) is 14.0. The van der Waals surface area contributed by atoms with Gasteiger partial charge in [-0.05, 0) is 62.8 Å². The van der Waals surface area contributed by atoms with E-state index in [1.165, 1.54) is 10.9 Å². The number of fused-ring (bicyclic) bond motifs is 1. The summed E-state index contributed by atoms with van der Waals surface area (Å²) in [6, 6.07) is 8.53. The lowest BCUT2D eigenvalue weighted by molar-refractivity contribution is 0.0224. The van der Waals surface area contributed by atoms with E-state index in [1.807, 2.05) is 31.9 Å². The number of ether oxygens (including phenoxy) is 1. The van der Waals surface area contributed by atoms with Gasteiger partial charge in [0.2, 0.25) is 0 Å². The van der Waals surface area contributed by atoms with Gasteiger partial charge in [-0.2, -0.15) is 0 Å². The molecule has 2 heterocycles. The number of aromatic nitrogens is 1. The molecule has 0 bridgehead atoms. The van der Waals surface area contributed by atoms with Crippen LogP contribution in [0.1, 0.15) is 45.2 Å². The van der Waals surface area contributed by atoms with E-state index >= 15 is 0 Å². The van der Waals surface area contributed by atoms with Crippen LogP contribution in [0.25, 0.3) is 10.9 Å². The zero-order valence-corrected chi connectivity index (χ0v) is 12.8. The summed E-state index contributed by atoms with van der Waals surface area (Å²) in [6.07, 6.45) is 3.75. The Kier molecular flexibility index (Phi) is 3.40. The summed E-state index contributed by atoms with van der Waals surface area (Å²) in [6.45, 7) is 6.48. The second-order valence-corrected chi connectivity index (χ2v) is 6.66. The molecule has 1 fully saturated rings. The van der Waals surface area contributed by atoms with Gasteiger partial charge >= 0.3 is 6.09 Å². The van der Waals surface area contributed by atoms with Crippen LogP contribution in [0.2, 0.25) is 0 Å². The van der Waals surface area contributed by atoms with E-state index in [0.29, 0.717) is 0 Å². The lowest BCUT2D eigenvalue weighted by atomic mass is 10.0. The number of carbonyl (C=O) groups excluding carboxylic acids is 1. The average molecular weight is 286 g/mol. The number of benzene rings is 1. The fourth-order valence-corrected chi connectivity index (χ4v) is 2.93. The summed E-state index contributed by atoms with van der Waals surface area (Å²) >= 11 is 0. The number of hydrogen-bond donors (Lipinski definition) is 1. The lowest BCUT2D eigenvalue weighted by Gasteiger charge is -2.28. The maximum atomic E-state index is 12.4. The second kappa shape index (κ2) is 5.10. The number of nitrogens with zero attached hydrogens (tertiary/aromatic N) is 1. The van der Waals surface area contributed by atoms with Crippen molar-refractivity contribution >= 4 is 17.0 Å². The molecule has 0 radical (unpaired) electrons. The first-order valence-corrected chi connectivity index (χ1v) is 7.51. The number of likely N-dealkylation sites (tertiary alicyclic amines) is 1. The molecule has 1 amide bonds. The number of nitrogens with one attached hydrogen (secondary N) is 1. The summed E-state index contributed by atoms with van der Waals surface area (Å²) in [5.74, 6) is 0. The van der Waals surface area contributed by atoms with Crippen molar-refractivity contribution < 1.29 is 9.53 Å². The Morgan fingerprint density at radius 1 is 1.33 bits per heavy atom. The second-order valence-electron chi connectivity index (χ2n) is 6.66. The minimum absolute atomic E-state index is 0.124. The van der Waals surface area contributed by atoms with Crippen molar-refractivity contribution in [3.8, 4) is 0 Å². The summed E-state index contributed by atoms with van der Waals surface area (Å²) in [7, 11) is 0. The standard InChI is InChI=1S/C17H22N2O2/c1-17(2,3)21-16(20)19-10-4-5-15(19)13-6-7-14-12(11-13)8-9-18-14/h6-9,11,15,18H,4-5,10H2,1-3H3/t15-/m0/s1. The Bertz CT molecular complexity index is 654. The van der Waals surface area contributed by atoms with Gasteiger partial charge in [-0.15, -0.1) is 0 Å². The van der Waals surface area contributed by atoms with Crippen molar-refractivity contribution in [1.29, 1.82) is 0 Å². The van der Waals surface area contributed by atoms with Gasteiger partial charge in [-0.25, -0.2) is 4.79 Å². The Hall–Kier alpha value is -1.97. The van der Waals surface area contributed by atoms with Crippen molar-refractivity contribution in [2.45, 2.75) is 45.3 Å². The molecule has 1 aliphatic heterocycles. The van der Waals surface area contributed by atoms with Crippen LogP contribution in [-0.4, -0.2) is 28.1 Å². The molecule has 2 aromatic rings. The van der Waals surface area contributed by atoms with Crippen molar-refractivity contribution in [2.24, 2.45) is 0 Å². The van der Waals surface area contributed by atoms with Crippen molar-refractivity contribution in [1.82, 2.24) is 9.88 Å². The molecule has 1 saturated heterocycles. The predicted molar refractivity (Wildman–Crippen MR) is 83.2 cm³/mol. The number of H-pyrrole nitrogens is 1. The molecule has 0 unspecified atom stereocenters. The Morgan fingerprint density at radius 3 is 2.90 bits per heavy atom. The quantitative estimate of drug-likeness (QED) is 0.852. The summed E-state index contributed by atoms with van der Waals surface area (Å²) in [4.78, 5) is 17.4. The molecule has 112 valence electrons. The van der Waals surface area contributed by atoms with Gasteiger partial charge in [-0.1, -0.05) is 6.07 Å². The largest absolute Gasteiger partial charge is 0.444 e. The highest BCUT2D eigenvalue weighted by Gasteiger charge is 2.33. The first-order valence-electron chi connectivity index (χ1n) is 7.51. The maximum Gasteiger partial charge on any atom is 0.410 e. The third-order valence-electron chi connectivity index (χ3n) is 3.84. The van der Waals surface area contributed by atoms with E-state index in [1.54, 1.807) is 0 Å². The van der Waals surface area contributed by atoms with Gasteiger partial charge in [-0.3, -0.25) is 0 Å². The molecule has 1 atom stereocenters. The molecule has 4 nitrogen and oxygen atoms in total. The highest BCUT2D eigenvalue weighted by molar-refractivity contribution is 5.80. The molecular formula is C17H22N2O2. The SMILES string of the molecule is CC(C)(C)OC(=O)N1CCC[C@H]1c1ccc2[nH]ccc2c1. The van der Waals surface area contributed by atoms with Crippen LogP contribution in [0.15, 0.2) is 30.5 Å². The Labute approximate surface area is 125 Å². The van der Waals surface area contributed by atoms with Crippen LogP contribution in [0, 0.1) is 0 Å². The zero-order valence-electron chi connectivity index (χ0n) is 12.8. The van der Waals surface area contributed by atoms with Crippen molar-refractivity contribution in [3.63, 3.8) is 0 Å². The summed E-state index contributed by atoms with van der Waals surface area (Å²) in [5, 5.41) is 1.18. The predicted octanol–water partition coefficient (Wildman–Crippen LogP) is 4.24. The molecule has 1 aromatic carbocycles. The van der Waals surface area contributed by atoms with Gasteiger partial charge < -0.3 is 14.6 Å². The van der Waals surface area contributed by atoms with Gasteiger partial charge in [0.05, 0.1) is 6.04 Å². The topological polar surface area (TPSA) is 45.3 Å². The third kappa shape index (κ3) is 2.89. The highest BCUT2D eigenvalue weighted by Crippen LogP contribution is 2.34. The van der Waals surface area contributed by atoms with Gasteiger partial charge in [0.15, 0.2) is 0 Å². The van der Waals surface area contributed by atoms with E-state index < -0.39 is 5.60 Å². The summed E-state index contributed by atoms with van der Waals surface area (Å²) in [5.41, 5.74) is 1.86. The monoisotopic (exact) mass is 286 g/mol. The lowest BCUT2D eigenvalue weighted by Crippen LogP contribution is -2.36. The molecule has 1 aromatic heterocycles. The third-order valence-corrected chi connectivity index (χ3v) is 3.84. The minimum atomic E-state index is -0.450.